The Hall–Kier alpha value is -0.160. The molecule has 2 atom stereocenters. The summed E-state index contributed by atoms with van der Waals surface area (Å²) in [6.45, 7) is 15.4. The lowest BCUT2D eigenvalue weighted by Crippen LogP contribution is -2.55. The predicted octanol–water partition coefficient (Wildman–Crippen LogP) is 1.33. The van der Waals surface area contributed by atoms with Crippen molar-refractivity contribution >= 4 is 0 Å². The van der Waals surface area contributed by atoms with Crippen LogP contribution in [0.2, 0.25) is 0 Å². The average molecular weight is 284 g/mol. The van der Waals surface area contributed by atoms with Crippen molar-refractivity contribution in [3.8, 4) is 0 Å². The Morgan fingerprint density at radius 2 is 1.75 bits per heavy atom. The van der Waals surface area contributed by atoms with Crippen LogP contribution in [0, 0.1) is 0 Å². The number of nitrogens with one attached hydrogen (secondary N) is 1. The van der Waals surface area contributed by atoms with Crippen molar-refractivity contribution in [1.29, 1.82) is 0 Å². The van der Waals surface area contributed by atoms with Gasteiger partial charge in [-0.25, -0.2) is 0 Å². The van der Waals surface area contributed by atoms with Crippen molar-refractivity contribution in [2.75, 3.05) is 59.9 Å². The van der Waals surface area contributed by atoms with Gasteiger partial charge in [0.1, 0.15) is 0 Å². The van der Waals surface area contributed by atoms with E-state index in [1.165, 1.54) is 52.1 Å². The van der Waals surface area contributed by atoms with Crippen LogP contribution in [-0.4, -0.2) is 86.7 Å². The van der Waals surface area contributed by atoms with Crippen molar-refractivity contribution in [2.45, 2.75) is 45.7 Å². The van der Waals surface area contributed by atoms with E-state index in [0.717, 1.165) is 6.54 Å². The molecule has 0 amide bonds. The summed E-state index contributed by atoms with van der Waals surface area (Å²) in [5, 5.41) is 3.71. The standard InChI is InChI=1S/C16H36N4/c1-6-8-17-16(7-2)15(3)20-13-11-19(12-14-20)10-9-18(4)5/h15-17H,6-14H2,1-5H3. The number of piperazine rings is 1. The van der Waals surface area contributed by atoms with E-state index in [0.29, 0.717) is 12.1 Å². The van der Waals surface area contributed by atoms with Gasteiger partial charge in [-0.2, -0.15) is 0 Å². The van der Waals surface area contributed by atoms with E-state index in [1.807, 2.05) is 0 Å². The van der Waals surface area contributed by atoms with E-state index in [9.17, 15) is 0 Å². The van der Waals surface area contributed by atoms with Crippen LogP contribution in [0.1, 0.15) is 33.6 Å². The first-order valence-electron chi connectivity index (χ1n) is 8.43. The smallest absolute Gasteiger partial charge is 0.0222 e. The van der Waals surface area contributed by atoms with Crippen LogP contribution >= 0.6 is 0 Å². The largest absolute Gasteiger partial charge is 0.312 e. The van der Waals surface area contributed by atoms with Crippen molar-refractivity contribution in [1.82, 2.24) is 20.0 Å². The van der Waals surface area contributed by atoms with Gasteiger partial charge in [-0.15, -0.1) is 0 Å². The topological polar surface area (TPSA) is 21.8 Å². The zero-order valence-electron chi connectivity index (χ0n) is 14.4. The molecule has 1 heterocycles. The third-order valence-corrected chi connectivity index (χ3v) is 4.52. The van der Waals surface area contributed by atoms with Crippen molar-refractivity contribution < 1.29 is 0 Å². The number of likely N-dealkylation sites (N-methyl/N-ethyl adjacent to an activating group) is 1. The van der Waals surface area contributed by atoms with Crippen LogP contribution in [0.4, 0.5) is 0 Å². The van der Waals surface area contributed by atoms with E-state index in [2.05, 4.69) is 54.9 Å². The van der Waals surface area contributed by atoms with E-state index in [1.54, 1.807) is 0 Å². The molecule has 1 aliphatic heterocycles. The molecule has 0 bridgehead atoms. The van der Waals surface area contributed by atoms with Crippen LogP contribution in [-0.2, 0) is 0 Å². The zero-order valence-corrected chi connectivity index (χ0v) is 14.4. The summed E-state index contributed by atoms with van der Waals surface area (Å²) in [6, 6.07) is 1.30. The van der Waals surface area contributed by atoms with Gasteiger partial charge in [-0.1, -0.05) is 13.8 Å². The normalized spacial score (nSPS) is 21.3. The summed E-state index contributed by atoms with van der Waals surface area (Å²) in [4.78, 5) is 7.55. The summed E-state index contributed by atoms with van der Waals surface area (Å²) in [7, 11) is 4.31. The molecule has 0 spiro atoms. The number of rotatable bonds is 9. The lowest BCUT2D eigenvalue weighted by molar-refractivity contribution is 0.0813. The van der Waals surface area contributed by atoms with Crippen LogP contribution < -0.4 is 5.32 Å². The molecular formula is C16H36N4. The number of hydrogen-bond acceptors (Lipinski definition) is 4. The molecule has 1 rings (SSSR count). The van der Waals surface area contributed by atoms with Gasteiger partial charge in [0.15, 0.2) is 0 Å². The van der Waals surface area contributed by atoms with Crippen LogP contribution in [0.5, 0.6) is 0 Å². The predicted molar refractivity (Wildman–Crippen MR) is 88.4 cm³/mol. The van der Waals surface area contributed by atoms with Crippen molar-refractivity contribution in [3.63, 3.8) is 0 Å². The van der Waals surface area contributed by atoms with Crippen LogP contribution in [0.25, 0.3) is 0 Å². The maximum absolute atomic E-state index is 3.71. The number of nitrogens with zero attached hydrogens (tertiary/aromatic N) is 3. The Balaban J connectivity index is 2.31. The molecule has 1 aliphatic rings. The SMILES string of the molecule is CCCNC(CC)C(C)N1CCN(CCN(C)C)CC1. The monoisotopic (exact) mass is 284 g/mol. The van der Waals surface area contributed by atoms with Crippen molar-refractivity contribution in [2.24, 2.45) is 0 Å². The Bertz CT molecular complexity index is 237. The molecule has 4 heteroatoms. The molecule has 120 valence electrons. The molecule has 2 unspecified atom stereocenters. The molecule has 4 nitrogen and oxygen atoms in total. The van der Waals surface area contributed by atoms with Gasteiger partial charge in [0.05, 0.1) is 0 Å². The molecule has 20 heavy (non-hydrogen) atoms. The summed E-state index contributed by atoms with van der Waals surface area (Å²) in [6.07, 6.45) is 2.45. The minimum Gasteiger partial charge on any atom is -0.312 e. The Morgan fingerprint density at radius 1 is 1.10 bits per heavy atom. The molecule has 0 aliphatic carbocycles. The molecule has 0 aromatic rings. The molecule has 1 N–H and O–H groups in total. The van der Waals surface area contributed by atoms with Crippen molar-refractivity contribution in [3.05, 3.63) is 0 Å². The summed E-state index contributed by atoms with van der Waals surface area (Å²) in [5.41, 5.74) is 0. The maximum atomic E-state index is 3.71. The average Bonchev–Trinajstić information content (AvgIpc) is 2.46. The number of hydrogen-bond donors (Lipinski definition) is 1. The molecule has 1 fully saturated rings. The second kappa shape index (κ2) is 9.72. The van der Waals surface area contributed by atoms with E-state index in [4.69, 9.17) is 0 Å². The molecular weight excluding hydrogens is 248 g/mol. The third kappa shape index (κ3) is 6.08. The summed E-state index contributed by atoms with van der Waals surface area (Å²) in [5.74, 6) is 0. The fraction of sp³-hybridized carbons (Fsp3) is 1.00. The van der Waals surface area contributed by atoms with Gasteiger partial charge in [0.25, 0.3) is 0 Å². The van der Waals surface area contributed by atoms with Gasteiger partial charge in [-0.05, 0) is 40.4 Å². The minimum atomic E-state index is 0.642. The van der Waals surface area contributed by atoms with E-state index >= 15 is 0 Å². The molecule has 0 aromatic carbocycles. The van der Waals surface area contributed by atoms with Gasteiger partial charge in [-0.3, -0.25) is 9.80 Å². The van der Waals surface area contributed by atoms with Gasteiger partial charge < -0.3 is 10.2 Å². The highest BCUT2D eigenvalue weighted by Crippen LogP contribution is 2.11. The minimum absolute atomic E-state index is 0.642. The third-order valence-electron chi connectivity index (χ3n) is 4.52. The first-order valence-corrected chi connectivity index (χ1v) is 8.43. The van der Waals surface area contributed by atoms with Gasteiger partial charge in [0, 0.05) is 51.4 Å². The van der Waals surface area contributed by atoms with E-state index in [-0.39, 0.29) is 0 Å². The Kier molecular flexibility index (Phi) is 8.69. The van der Waals surface area contributed by atoms with E-state index < -0.39 is 0 Å². The molecule has 1 saturated heterocycles. The molecule has 0 radical (unpaired) electrons. The quantitative estimate of drug-likeness (QED) is 0.689. The van der Waals surface area contributed by atoms with Gasteiger partial charge in [0.2, 0.25) is 0 Å². The molecule has 0 saturated carbocycles. The lowest BCUT2D eigenvalue weighted by Gasteiger charge is -2.41. The second-order valence-electron chi connectivity index (χ2n) is 6.39. The fourth-order valence-corrected chi connectivity index (χ4v) is 2.98. The summed E-state index contributed by atoms with van der Waals surface area (Å²) >= 11 is 0. The second-order valence-corrected chi connectivity index (χ2v) is 6.39. The highest BCUT2D eigenvalue weighted by atomic mass is 15.3. The van der Waals surface area contributed by atoms with Crippen LogP contribution in [0.3, 0.4) is 0 Å². The maximum Gasteiger partial charge on any atom is 0.0222 e. The lowest BCUT2D eigenvalue weighted by atomic mass is 10.0. The highest BCUT2D eigenvalue weighted by Gasteiger charge is 2.25. The van der Waals surface area contributed by atoms with Gasteiger partial charge >= 0.3 is 0 Å². The zero-order chi connectivity index (χ0) is 15.0. The Morgan fingerprint density at radius 3 is 2.25 bits per heavy atom. The summed E-state index contributed by atoms with van der Waals surface area (Å²) < 4.78 is 0. The van der Waals surface area contributed by atoms with Crippen LogP contribution in [0.15, 0.2) is 0 Å². The first kappa shape index (κ1) is 17.9. The molecule has 0 aromatic heterocycles. The Labute approximate surface area is 126 Å². The first-order chi connectivity index (χ1) is 9.58. The highest BCUT2D eigenvalue weighted by molar-refractivity contribution is 4.84. The fourth-order valence-electron chi connectivity index (χ4n) is 2.98.